The van der Waals surface area contributed by atoms with Gasteiger partial charge in [0.05, 0.1) is 13.2 Å². The molecule has 2 atom stereocenters. The molecule has 11 heavy (non-hydrogen) atoms. The van der Waals surface area contributed by atoms with Crippen LogP contribution in [0, 0.1) is 0 Å². The third kappa shape index (κ3) is 1.41. The molecule has 1 saturated carbocycles. The van der Waals surface area contributed by atoms with Crippen molar-refractivity contribution in [1.29, 1.82) is 0 Å². The monoisotopic (exact) mass is 156 g/mol. The van der Waals surface area contributed by atoms with Crippen molar-refractivity contribution >= 4 is 0 Å². The van der Waals surface area contributed by atoms with Gasteiger partial charge in [-0.1, -0.05) is 0 Å². The summed E-state index contributed by atoms with van der Waals surface area (Å²) < 4.78 is 5.27. The number of ether oxygens (including phenoxy) is 1. The lowest BCUT2D eigenvalue weighted by atomic mass is 9.86. The summed E-state index contributed by atoms with van der Waals surface area (Å²) in [5.74, 6) is 0. The van der Waals surface area contributed by atoms with E-state index in [1.807, 2.05) is 0 Å². The summed E-state index contributed by atoms with van der Waals surface area (Å²) in [7, 11) is 0. The number of nitrogens with zero attached hydrogens (tertiary/aromatic N) is 1. The molecule has 1 aliphatic heterocycles. The van der Waals surface area contributed by atoms with Crippen molar-refractivity contribution in [3.05, 3.63) is 0 Å². The minimum atomic E-state index is 0.438. The van der Waals surface area contributed by atoms with Crippen LogP contribution < -0.4 is 5.73 Å². The Labute approximate surface area is 67.5 Å². The third-order valence-electron chi connectivity index (χ3n) is 2.80. The highest BCUT2D eigenvalue weighted by Gasteiger charge is 2.33. The van der Waals surface area contributed by atoms with Crippen LogP contribution >= 0.6 is 0 Å². The van der Waals surface area contributed by atoms with Crippen LogP contribution in [0.3, 0.4) is 0 Å². The Morgan fingerprint density at radius 2 is 1.91 bits per heavy atom. The van der Waals surface area contributed by atoms with Crippen LogP contribution in [0.4, 0.5) is 0 Å². The van der Waals surface area contributed by atoms with Gasteiger partial charge >= 0.3 is 0 Å². The van der Waals surface area contributed by atoms with Crippen molar-refractivity contribution in [1.82, 2.24) is 4.90 Å². The minimum absolute atomic E-state index is 0.438. The van der Waals surface area contributed by atoms with Gasteiger partial charge in [0.25, 0.3) is 0 Å². The number of morpholine rings is 1. The molecular weight excluding hydrogens is 140 g/mol. The molecule has 1 saturated heterocycles. The van der Waals surface area contributed by atoms with Gasteiger partial charge in [0, 0.05) is 25.2 Å². The van der Waals surface area contributed by atoms with Crippen molar-refractivity contribution < 1.29 is 4.74 Å². The summed E-state index contributed by atoms with van der Waals surface area (Å²) in [6, 6.07) is 1.10. The molecule has 0 aromatic rings. The fourth-order valence-electron chi connectivity index (χ4n) is 1.87. The van der Waals surface area contributed by atoms with E-state index in [-0.39, 0.29) is 0 Å². The molecule has 3 heteroatoms. The zero-order valence-corrected chi connectivity index (χ0v) is 6.83. The highest BCUT2D eigenvalue weighted by molar-refractivity contribution is 4.92. The molecule has 2 N–H and O–H groups in total. The van der Waals surface area contributed by atoms with Gasteiger partial charge < -0.3 is 10.5 Å². The molecule has 0 aromatic carbocycles. The molecule has 64 valence electrons. The number of hydrogen-bond donors (Lipinski definition) is 1. The maximum Gasteiger partial charge on any atom is 0.0594 e. The summed E-state index contributed by atoms with van der Waals surface area (Å²) in [6.45, 7) is 3.95. The third-order valence-corrected chi connectivity index (χ3v) is 2.80. The second-order valence-corrected chi connectivity index (χ2v) is 3.46. The van der Waals surface area contributed by atoms with Gasteiger partial charge in [-0.2, -0.15) is 0 Å². The van der Waals surface area contributed by atoms with E-state index in [0.29, 0.717) is 12.1 Å². The van der Waals surface area contributed by atoms with Crippen molar-refractivity contribution in [2.45, 2.75) is 24.9 Å². The van der Waals surface area contributed by atoms with Gasteiger partial charge in [0.15, 0.2) is 0 Å². The molecule has 0 unspecified atom stereocenters. The molecule has 0 radical (unpaired) electrons. The van der Waals surface area contributed by atoms with Crippen LogP contribution in [0.25, 0.3) is 0 Å². The van der Waals surface area contributed by atoms with Gasteiger partial charge in [-0.15, -0.1) is 0 Å². The summed E-state index contributed by atoms with van der Waals surface area (Å²) in [6.07, 6.45) is 2.50. The SMILES string of the molecule is N[C@@H]1CC[C@H]1N1CCOCC1. The first-order chi connectivity index (χ1) is 5.38. The number of rotatable bonds is 1. The Hall–Kier alpha value is -0.120. The Kier molecular flexibility index (Phi) is 2.11. The van der Waals surface area contributed by atoms with Crippen LogP contribution in [-0.4, -0.2) is 43.3 Å². The fraction of sp³-hybridized carbons (Fsp3) is 1.00. The molecular formula is C8H16N2O. The maximum absolute atomic E-state index is 5.87. The lowest BCUT2D eigenvalue weighted by molar-refractivity contribution is -0.00872. The van der Waals surface area contributed by atoms with Crippen molar-refractivity contribution in [2.24, 2.45) is 5.73 Å². The molecule has 1 heterocycles. The topological polar surface area (TPSA) is 38.5 Å². The van der Waals surface area contributed by atoms with E-state index in [2.05, 4.69) is 4.90 Å². The highest BCUT2D eigenvalue weighted by atomic mass is 16.5. The van der Waals surface area contributed by atoms with Crippen LogP contribution in [0.1, 0.15) is 12.8 Å². The average molecular weight is 156 g/mol. The van der Waals surface area contributed by atoms with E-state index >= 15 is 0 Å². The number of hydrogen-bond acceptors (Lipinski definition) is 3. The first kappa shape index (κ1) is 7.53. The van der Waals surface area contributed by atoms with E-state index in [9.17, 15) is 0 Å². The van der Waals surface area contributed by atoms with E-state index in [1.54, 1.807) is 0 Å². The molecule has 0 amide bonds. The molecule has 0 spiro atoms. The van der Waals surface area contributed by atoms with Crippen LogP contribution in [-0.2, 0) is 4.74 Å². The molecule has 0 bridgehead atoms. The summed E-state index contributed by atoms with van der Waals surface area (Å²) in [5, 5.41) is 0. The largest absolute Gasteiger partial charge is 0.379 e. The molecule has 1 aliphatic carbocycles. The van der Waals surface area contributed by atoms with Gasteiger partial charge in [-0.05, 0) is 12.8 Å². The lowest BCUT2D eigenvalue weighted by Gasteiger charge is -2.44. The molecule has 3 nitrogen and oxygen atoms in total. The number of nitrogens with two attached hydrogens (primary N) is 1. The lowest BCUT2D eigenvalue weighted by Crippen LogP contribution is -2.57. The van der Waals surface area contributed by atoms with E-state index < -0.39 is 0 Å². The van der Waals surface area contributed by atoms with Crippen LogP contribution in [0.5, 0.6) is 0 Å². The van der Waals surface area contributed by atoms with E-state index in [0.717, 1.165) is 26.3 Å². The Bertz CT molecular complexity index is 134. The Morgan fingerprint density at radius 1 is 1.18 bits per heavy atom. The molecule has 0 aromatic heterocycles. The minimum Gasteiger partial charge on any atom is -0.379 e. The zero-order chi connectivity index (χ0) is 7.68. The van der Waals surface area contributed by atoms with E-state index in [1.165, 1.54) is 12.8 Å². The van der Waals surface area contributed by atoms with Crippen molar-refractivity contribution in [2.75, 3.05) is 26.3 Å². The van der Waals surface area contributed by atoms with E-state index in [4.69, 9.17) is 10.5 Å². The van der Waals surface area contributed by atoms with Crippen molar-refractivity contribution in [3.8, 4) is 0 Å². The fourth-order valence-corrected chi connectivity index (χ4v) is 1.87. The highest BCUT2D eigenvalue weighted by Crippen LogP contribution is 2.24. The van der Waals surface area contributed by atoms with Crippen LogP contribution in [0.2, 0.25) is 0 Å². The quantitative estimate of drug-likeness (QED) is 0.572. The molecule has 2 rings (SSSR count). The first-order valence-corrected chi connectivity index (χ1v) is 4.45. The zero-order valence-electron chi connectivity index (χ0n) is 6.83. The van der Waals surface area contributed by atoms with Crippen LogP contribution in [0.15, 0.2) is 0 Å². The van der Waals surface area contributed by atoms with Gasteiger partial charge in [-0.25, -0.2) is 0 Å². The molecule has 2 fully saturated rings. The van der Waals surface area contributed by atoms with Crippen molar-refractivity contribution in [3.63, 3.8) is 0 Å². The Morgan fingerprint density at radius 3 is 2.36 bits per heavy atom. The van der Waals surface area contributed by atoms with Gasteiger partial charge in [-0.3, -0.25) is 4.90 Å². The molecule has 2 aliphatic rings. The normalized spacial score (nSPS) is 40.1. The maximum atomic E-state index is 5.87. The second-order valence-electron chi connectivity index (χ2n) is 3.46. The summed E-state index contributed by atoms with van der Waals surface area (Å²) >= 11 is 0. The summed E-state index contributed by atoms with van der Waals surface area (Å²) in [4.78, 5) is 2.47. The summed E-state index contributed by atoms with van der Waals surface area (Å²) in [5.41, 5.74) is 5.87. The smallest absolute Gasteiger partial charge is 0.0594 e. The van der Waals surface area contributed by atoms with Gasteiger partial charge in [0.2, 0.25) is 0 Å². The predicted octanol–water partition coefficient (Wildman–Crippen LogP) is -0.192. The van der Waals surface area contributed by atoms with Gasteiger partial charge in [0.1, 0.15) is 0 Å². The Balaban J connectivity index is 1.83. The predicted molar refractivity (Wildman–Crippen MR) is 43.4 cm³/mol. The first-order valence-electron chi connectivity index (χ1n) is 4.45. The average Bonchev–Trinajstić information content (AvgIpc) is 2.04. The standard InChI is InChI=1S/C8H16N2O/c9-7-1-2-8(7)10-3-5-11-6-4-10/h7-8H,1-6,9H2/t7-,8-/m1/s1. The second kappa shape index (κ2) is 3.09.